The van der Waals surface area contributed by atoms with E-state index in [-0.39, 0.29) is 17.6 Å². The van der Waals surface area contributed by atoms with Crippen LogP contribution in [0, 0.1) is 5.82 Å². The van der Waals surface area contributed by atoms with E-state index in [1.165, 1.54) is 28.4 Å². The van der Waals surface area contributed by atoms with Gasteiger partial charge in [0.05, 0.1) is 5.39 Å². The summed E-state index contributed by atoms with van der Waals surface area (Å²) in [5.41, 5.74) is 1.61. The van der Waals surface area contributed by atoms with Gasteiger partial charge in [-0.15, -0.1) is 11.3 Å². The van der Waals surface area contributed by atoms with E-state index in [0.717, 1.165) is 11.1 Å². The van der Waals surface area contributed by atoms with Gasteiger partial charge < -0.3 is 10.0 Å². The monoisotopic (exact) mass is 351 g/mol. The lowest BCUT2D eigenvalue weighted by Gasteiger charge is -2.17. The second-order valence-electron chi connectivity index (χ2n) is 4.90. The highest BCUT2D eigenvalue weighted by atomic mass is 35.5. The van der Waals surface area contributed by atoms with E-state index in [9.17, 15) is 9.18 Å². The molecule has 0 saturated carbocycles. The lowest BCUT2D eigenvalue weighted by atomic mass is 10.1. The molecule has 8 heteroatoms. The van der Waals surface area contributed by atoms with Crippen molar-refractivity contribution in [3.8, 4) is 11.1 Å². The summed E-state index contributed by atoms with van der Waals surface area (Å²) in [7, 11) is 1.62. The van der Waals surface area contributed by atoms with Crippen molar-refractivity contribution in [2.75, 3.05) is 18.5 Å². The number of carboxylic acid groups (broad SMARTS) is 1. The quantitative estimate of drug-likeness (QED) is 0.726. The fourth-order valence-corrected chi connectivity index (χ4v) is 3.45. The van der Waals surface area contributed by atoms with Crippen LogP contribution in [-0.4, -0.2) is 34.6 Å². The predicted molar refractivity (Wildman–Crippen MR) is 88.7 cm³/mol. The normalized spacial score (nSPS) is 10.9. The van der Waals surface area contributed by atoms with Crippen molar-refractivity contribution < 1.29 is 14.3 Å². The number of halogens is 2. The summed E-state index contributed by atoms with van der Waals surface area (Å²) >= 11 is 7.32. The standard InChI is InChI=1S/C15H11ClFN3O2S/c1-20(6-11(21)22)13-12-10(8-2-4-9(17)5-3-8)7-23-14(12)19-15(16)18-13/h2-5,7H,6H2,1H3,(H,21,22). The summed E-state index contributed by atoms with van der Waals surface area (Å²) in [4.78, 5) is 21.5. The molecule has 3 rings (SSSR count). The Morgan fingerprint density at radius 2 is 2.04 bits per heavy atom. The van der Waals surface area contributed by atoms with Crippen molar-refractivity contribution in [3.63, 3.8) is 0 Å². The van der Waals surface area contributed by atoms with Crippen LogP contribution in [0.25, 0.3) is 21.3 Å². The molecule has 0 aliphatic heterocycles. The number of benzene rings is 1. The number of fused-ring (bicyclic) bond motifs is 1. The molecule has 0 saturated heterocycles. The van der Waals surface area contributed by atoms with Crippen molar-refractivity contribution in [2.45, 2.75) is 0 Å². The van der Waals surface area contributed by atoms with E-state index in [4.69, 9.17) is 16.7 Å². The van der Waals surface area contributed by atoms with Gasteiger partial charge >= 0.3 is 5.97 Å². The van der Waals surface area contributed by atoms with Crippen LogP contribution in [0.4, 0.5) is 10.2 Å². The average molecular weight is 352 g/mol. The summed E-state index contributed by atoms with van der Waals surface area (Å²) < 4.78 is 13.1. The van der Waals surface area contributed by atoms with E-state index in [2.05, 4.69) is 9.97 Å². The van der Waals surface area contributed by atoms with Crippen molar-refractivity contribution in [1.29, 1.82) is 0 Å². The van der Waals surface area contributed by atoms with E-state index in [1.54, 1.807) is 19.2 Å². The number of likely N-dealkylation sites (N-methyl/N-ethyl adjacent to an activating group) is 1. The molecular weight excluding hydrogens is 341 g/mol. The van der Waals surface area contributed by atoms with Crippen molar-refractivity contribution in [2.24, 2.45) is 0 Å². The molecule has 2 aromatic heterocycles. The van der Waals surface area contributed by atoms with Crippen LogP contribution in [0.1, 0.15) is 0 Å². The zero-order chi connectivity index (χ0) is 16.6. The Labute approximate surface area is 140 Å². The smallest absolute Gasteiger partial charge is 0.323 e. The third-order valence-electron chi connectivity index (χ3n) is 3.28. The molecule has 0 amide bonds. The van der Waals surface area contributed by atoms with Gasteiger partial charge in [0.2, 0.25) is 5.28 Å². The van der Waals surface area contributed by atoms with Gasteiger partial charge in [-0.3, -0.25) is 4.79 Å². The molecular formula is C15H11ClFN3O2S. The molecule has 0 fully saturated rings. The molecule has 3 aromatic rings. The molecule has 23 heavy (non-hydrogen) atoms. The first-order valence-corrected chi connectivity index (χ1v) is 7.85. The molecule has 118 valence electrons. The molecule has 1 N–H and O–H groups in total. The summed E-state index contributed by atoms with van der Waals surface area (Å²) in [6.07, 6.45) is 0. The molecule has 0 aliphatic carbocycles. The Hall–Kier alpha value is -2.25. The van der Waals surface area contributed by atoms with E-state index in [1.807, 2.05) is 5.38 Å². The maximum Gasteiger partial charge on any atom is 0.323 e. The minimum Gasteiger partial charge on any atom is -0.480 e. The summed E-state index contributed by atoms with van der Waals surface area (Å²) in [6.45, 7) is -0.221. The molecule has 5 nitrogen and oxygen atoms in total. The number of hydrogen-bond donors (Lipinski definition) is 1. The van der Waals surface area contributed by atoms with Gasteiger partial charge in [-0.25, -0.2) is 9.37 Å². The van der Waals surface area contributed by atoms with Crippen molar-refractivity contribution >= 4 is 44.9 Å². The van der Waals surface area contributed by atoms with Crippen LogP contribution in [-0.2, 0) is 4.79 Å². The first kappa shape index (κ1) is 15.6. The van der Waals surface area contributed by atoms with Crippen molar-refractivity contribution in [3.05, 3.63) is 40.7 Å². The highest BCUT2D eigenvalue weighted by Crippen LogP contribution is 2.38. The number of rotatable bonds is 4. The van der Waals surface area contributed by atoms with Gasteiger partial charge in [-0.2, -0.15) is 4.98 Å². The number of hydrogen-bond acceptors (Lipinski definition) is 5. The molecule has 0 atom stereocenters. The zero-order valence-electron chi connectivity index (χ0n) is 12.0. The highest BCUT2D eigenvalue weighted by Gasteiger charge is 2.18. The second-order valence-corrected chi connectivity index (χ2v) is 6.10. The van der Waals surface area contributed by atoms with Gasteiger partial charge in [0.15, 0.2) is 0 Å². The van der Waals surface area contributed by atoms with Crippen LogP contribution in [0.15, 0.2) is 29.6 Å². The Kier molecular flexibility index (Phi) is 4.14. The Balaban J connectivity index is 2.20. The van der Waals surface area contributed by atoms with E-state index >= 15 is 0 Å². The summed E-state index contributed by atoms with van der Waals surface area (Å²) in [5, 5.41) is 11.6. The SMILES string of the molecule is CN(CC(=O)O)c1nc(Cl)nc2scc(-c3ccc(F)cc3)c12. The number of anilines is 1. The van der Waals surface area contributed by atoms with Crippen LogP contribution in [0.5, 0.6) is 0 Å². The molecule has 0 spiro atoms. The highest BCUT2D eigenvalue weighted by molar-refractivity contribution is 7.17. The van der Waals surface area contributed by atoms with Crippen molar-refractivity contribution in [1.82, 2.24) is 9.97 Å². The molecule has 0 unspecified atom stereocenters. The van der Waals surface area contributed by atoms with Crippen LogP contribution in [0.3, 0.4) is 0 Å². The van der Waals surface area contributed by atoms with Gasteiger partial charge in [0.1, 0.15) is 23.0 Å². The van der Waals surface area contributed by atoms with Crippen LogP contribution < -0.4 is 4.90 Å². The fraction of sp³-hybridized carbons (Fsp3) is 0.133. The number of aromatic nitrogens is 2. The maximum atomic E-state index is 13.1. The average Bonchev–Trinajstić information content (AvgIpc) is 2.90. The Morgan fingerprint density at radius 1 is 1.35 bits per heavy atom. The number of nitrogens with zero attached hydrogens (tertiary/aromatic N) is 3. The van der Waals surface area contributed by atoms with Gasteiger partial charge in [-0.1, -0.05) is 12.1 Å². The predicted octanol–water partition coefficient (Wildman–Crippen LogP) is 3.67. The molecule has 0 bridgehead atoms. The van der Waals surface area contributed by atoms with Gasteiger partial charge in [0.25, 0.3) is 0 Å². The largest absolute Gasteiger partial charge is 0.480 e. The van der Waals surface area contributed by atoms with Gasteiger partial charge in [0, 0.05) is 18.0 Å². The van der Waals surface area contributed by atoms with Crippen LogP contribution >= 0.6 is 22.9 Å². The summed E-state index contributed by atoms with van der Waals surface area (Å²) in [6, 6.07) is 6.06. The summed E-state index contributed by atoms with van der Waals surface area (Å²) in [5.74, 6) is -0.868. The third-order valence-corrected chi connectivity index (χ3v) is 4.32. The Morgan fingerprint density at radius 3 is 2.70 bits per heavy atom. The number of carbonyl (C=O) groups is 1. The zero-order valence-corrected chi connectivity index (χ0v) is 13.5. The molecule has 0 aliphatic rings. The van der Waals surface area contributed by atoms with Crippen LogP contribution in [0.2, 0.25) is 5.28 Å². The number of aliphatic carboxylic acids is 1. The fourth-order valence-electron chi connectivity index (χ4n) is 2.29. The molecule has 1 aromatic carbocycles. The lowest BCUT2D eigenvalue weighted by Crippen LogP contribution is -2.26. The molecule has 0 radical (unpaired) electrons. The minimum atomic E-state index is -0.978. The van der Waals surface area contributed by atoms with E-state index < -0.39 is 5.97 Å². The maximum absolute atomic E-state index is 13.1. The molecule has 2 heterocycles. The second kappa shape index (κ2) is 6.10. The number of thiophene rings is 1. The number of carboxylic acids is 1. The first-order valence-electron chi connectivity index (χ1n) is 6.59. The van der Waals surface area contributed by atoms with E-state index in [0.29, 0.717) is 16.0 Å². The first-order chi connectivity index (χ1) is 11.0. The Bertz CT molecular complexity index is 882. The topological polar surface area (TPSA) is 66.3 Å². The lowest BCUT2D eigenvalue weighted by molar-refractivity contribution is -0.135. The van der Waals surface area contributed by atoms with Gasteiger partial charge in [-0.05, 0) is 29.3 Å². The minimum absolute atomic E-state index is 0.0530. The third kappa shape index (κ3) is 3.11.